The van der Waals surface area contributed by atoms with Gasteiger partial charge >= 0.3 is 11.8 Å². The van der Waals surface area contributed by atoms with Crippen LogP contribution in [0.15, 0.2) is 24.3 Å². The summed E-state index contributed by atoms with van der Waals surface area (Å²) in [7, 11) is 0. The molecule has 1 aliphatic heterocycles. The first kappa shape index (κ1) is 15.6. The van der Waals surface area contributed by atoms with Crippen LogP contribution in [0.1, 0.15) is 0 Å². The Hall–Kier alpha value is -1.79. The number of para-hydroxylation sites is 2. The standard InChI is InChI=1S/C14H18ClN3O3/c15-5-6-16-13(19)14(20)17-11-3-1-2-4-12(11)18-7-9-21-10-8-18/h1-4H,5-10H2,(H,16,19)(H,17,20). The Kier molecular flexibility index (Phi) is 5.83. The van der Waals surface area contributed by atoms with Gasteiger partial charge in [0.1, 0.15) is 0 Å². The molecule has 114 valence electrons. The van der Waals surface area contributed by atoms with Gasteiger partial charge in [0.2, 0.25) is 0 Å². The number of benzene rings is 1. The average Bonchev–Trinajstić information content (AvgIpc) is 2.54. The van der Waals surface area contributed by atoms with Crippen LogP contribution >= 0.6 is 11.6 Å². The van der Waals surface area contributed by atoms with Gasteiger partial charge in [0.15, 0.2) is 0 Å². The molecular formula is C14H18ClN3O3. The van der Waals surface area contributed by atoms with Crippen molar-refractivity contribution in [2.24, 2.45) is 0 Å². The van der Waals surface area contributed by atoms with Crippen molar-refractivity contribution in [3.8, 4) is 0 Å². The summed E-state index contributed by atoms with van der Waals surface area (Å²) in [6.07, 6.45) is 0. The third kappa shape index (κ3) is 4.34. The summed E-state index contributed by atoms with van der Waals surface area (Å²) >= 11 is 5.47. The monoisotopic (exact) mass is 311 g/mol. The van der Waals surface area contributed by atoms with E-state index in [0.717, 1.165) is 18.8 Å². The van der Waals surface area contributed by atoms with Crippen molar-refractivity contribution in [3.63, 3.8) is 0 Å². The fourth-order valence-electron chi connectivity index (χ4n) is 2.08. The first-order valence-corrected chi connectivity index (χ1v) is 7.32. The lowest BCUT2D eigenvalue weighted by Gasteiger charge is -2.30. The van der Waals surface area contributed by atoms with Crippen LogP contribution in [0.4, 0.5) is 11.4 Å². The van der Waals surface area contributed by atoms with Crippen LogP contribution in [0.25, 0.3) is 0 Å². The molecule has 0 spiro atoms. The second-order valence-electron chi connectivity index (χ2n) is 4.52. The number of hydrogen-bond acceptors (Lipinski definition) is 4. The van der Waals surface area contributed by atoms with Crippen molar-refractivity contribution in [1.82, 2.24) is 5.32 Å². The minimum Gasteiger partial charge on any atom is -0.378 e. The van der Waals surface area contributed by atoms with Crippen molar-refractivity contribution < 1.29 is 14.3 Å². The number of carbonyl (C=O) groups is 2. The zero-order valence-electron chi connectivity index (χ0n) is 11.6. The molecule has 1 saturated heterocycles. The lowest BCUT2D eigenvalue weighted by atomic mass is 10.2. The highest BCUT2D eigenvalue weighted by atomic mass is 35.5. The number of carbonyl (C=O) groups excluding carboxylic acids is 2. The Morgan fingerprint density at radius 3 is 2.62 bits per heavy atom. The van der Waals surface area contributed by atoms with Crippen LogP contribution in [0.5, 0.6) is 0 Å². The molecule has 1 aromatic carbocycles. The van der Waals surface area contributed by atoms with Crippen molar-refractivity contribution in [3.05, 3.63) is 24.3 Å². The molecule has 0 aliphatic carbocycles. The zero-order chi connectivity index (χ0) is 15.1. The maximum Gasteiger partial charge on any atom is 0.313 e. The highest BCUT2D eigenvalue weighted by molar-refractivity contribution is 6.40. The largest absolute Gasteiger partial charge is 0.378 e. The van der Waals surface area contributed by atoms with E-state index in [9.17, 15) is 9.59 Å². The first-order chi connectivity index (χ1) is 10.2. The van der Waals surface area contributed by atoms with E-state index in [1.54, 1.807) is 6.07 Å². The number of hydrogen-bond donors (Lipinski definition) is 2. The molecule has 2 amide bonds. The molecule has 6 nitrogen and oxygen atoms in total. The van der Waals surface area contributed by atoms with Crippen LogP contribution in [-0.2, 0) is 14.3 Å². The summed E-state index contributed by atoms with van der Waals surface area (Å²) in [5.74, 6) is -1.11. The molecule has 0 unspecified atom stereocenters. The fourth-order valence-corrected chi connectivity index (χ4v) is 2.17. The third-order valence-electron chi connectivity index (χ3n) is 3.09. The second kappa shape index (κ2) is 7.85. The first-order valence-electron chi connectivity index (χ1n) is 6.79. The molecule has 1 fully saturated rings. The molecule has 2 rings (SSSR count). The summed E-state index contributed by atoms with van der Waals surface area (Å²) in [5, 5.41) is 5.07. The number of alkyl halides is 1. The van der Waals surface area contributed by atoms with Gasteiger partial charge in [-0.05, 0) is 12.1 Å². The molecule has 0 saturated carbocycles. The molecule has 1 aliphatic rings. The van der Waals surface area contributed by atoms with E-state index >= 15 is 0 Å². The maximum atomic E-state index is 11.8. The molecule has 1 aromatic rings. The highest BCUT2D eigenvalue weighted by Gasteiger charge is 2.18. The summed E-state index contributed by atoms with van der Waals surface area (Å²) < 4.78 is 5.32. The molecule has 1 heterocycles. The van der Waals surface area contributed by atoms with Gasteiger partial charge in [0.25, 0.3) is 0 Å². The van der Waals surface area contributed by atoms with Gasteiger partial charge < -0.3 is 20.3 Å². The summed E-state index contributed by atoms with van der Waals surface area (Å²) in [6, 6.07) is 7.40. The Morgan fingerprint density at radius 1 is 1.19 bits per heavy atom. The number of rotatable bonds is 4. The summed E-state index contributed by atoms with van der Waals surface area (Å²) in [4.78, 5) is 25.5. The Balaban J connectivity index is 2.05. The third-order valence-corrected chi connectivity index (χ3v) is 3.28. The predicted octanol–water partition coefficient (Wildman–Crippen LogP) is 0.817. The van der Waals surface area contributed by atoms with E-state index in [2.05, 4.69) is 15.5 Å². The number of anilines is 2. The number of ether oxygens (including phenoxy) is 1. The number of amides is 2. The van der Waals surface area contributed by atoms with E-state index in [4.69, 9.17) is 16.3 Å². The van der Waals surface area contributed by atoms with Crippen LogP contribution in [-0.4, -0.2) is 50.5 Å². The number of halogens is 1. The van der Waals surface area contributed by atoms with Gasteiger partial charge in [-0.3, -0.25) is 9.59 Å². The number of nitrogens with zero attached hydrogens (tertiary/aromatic N) is 1. The van der Waals surface area contributed by atoms with E-state index in [0.29, 0.717) is 18.9 Å². The van der Waals surface area contributed by atoms with Gasteiger partial charge in [0, 0.05) is 25.5 Å². The minimum absolute atomic E-state index is 0.263. The van der Waals surface area contributed by atoms with Crippen molar-refractivity contribution in [2.45, 2.75) is 0 Å². The number of nitrogens with one attached hydrogen (secondary N) is 2. The topological polar surface area (TPSA) is 70.7 Å². The Morgan fingerprint density at radius 2 is 1.90 bits per heavy atom. The zero-order valence-corrected chi connectivity index (χ0v) is 12.4. The summed E-state index contributed by atoms with van der Waals surface area (Å²) in [6.45, 7) is 3.08. The normalized spacial score (nSPS) is 14.6. The minimum atomic E-state index is -0.694. The van der Waals surface area contributed by atoms with Gasteiger partial charge in [0.05, 0.1) is 24.6 Å². The van der Waals surface area contributed by atoms with E-state index < -0.39 is 11.8 Å². The SMILES string of the molecule is O=C(NCCCl)C(=O)Nc1ccccc1N1CCOCC1. The lowest BCUT2D eigenvalue weighted by Crippen LogP contribution is -2.38. The van der Waals surface area contributed by atoms with E-state index in [-0.39, 0.29) is 12.4 Å². The van der Waals surface area contributed by atoms with Crippen LogP contribution < -0.4 is 15.5 Å². The smallest absolute Gasteiger partial charge is 0.313 e. The van der Waals surface area contributed by atoms with E-state index in [1.807, 2.05) is 18.2 Å². The van der Waals surface area contributed by atoms with Gasteiger partial charge in [-0.2, -0.15) is 0 Å². The van der Waals surface area contributed by atoms with Gasteiger partial charge in [-0.15, -0.1) is 11.6 Å². The van der Waals surface area contributed by atoms with E-state index in [1.165, 1.54) is 0 Å². The van der Waals surface area contributed by atoms with Crippen LogP contribution in [0.3, 0.4) is 0 Å². The maximum absolute atomic E-state index is 11.8. The van der Waals surface area contributed by atoms with Crippen molar-refractivity contribution in [2.75, 3.05) is 48.9 Å². The number of morpholine rings is 1. The highest BCUT2D eigenvalue weighted by Crippen LogP contribution is 2.26. The molecule has 21 heavy (non-hydrogen) atoms. The molecule has 0 bridgehead atoms. The Bertz CT molecular complexity index is 504. The lowest BCUT2D eigenvalue weighted by molar-refractivity contribution is -0.136. The van der Waals surface area contributed by atoms with Crippen molar-refractivity contribution >= 4 is 34.8 Å². The molecule has 0 atom stereocenters. The average molecular weight is 312 g/mol. The fraction of sp³-hybridized carbons (Fsp3) is 0.429. The molecule has 0 aromatic heterocycles. The van der Waals surface area contributed by atoms with Gasteiger partial charge in [-0.25, -0.2) is 0 Å². The predicted molar refractivity (Wildman–Crippen MR) is 81.8 cm³/mol. The van der Waals surface area contributed by atoms with Crippen molar-refractivity contribution in [1.29, 1.82) is 0 Å². The second-order valence-corrected chi connectivity index (χ2v) is 4.89. The van der Waals surface area contributed by atoms with Crippen LogP contribution in [0.2, 0.25) is 0 Å². The van der Waals surface area contributed by atoms with Crippen LogP contribution in [0, 0.1) is 0 Å². The molecule has 0 radical (unpaired) electrons. The molecule has 7 heteroatoms. The van der Waals surface area contributed by atoms with Gasteiger partial charge in [-0.1, -0.05) is 12.1 Å². The summed E-state index contributed by atoms with van der Waals surface area (Å²) in [5.41, 5.74) is 1.50. The quantitative estimate of drug-likeness (QED) is 0.638. The Labute approximate surface area is 128 Å². The molecular weight excluding hydrogens is 294 g/mol. The molecule has 2 N–H and O–H groups in total.